The van der Waals surface area contributed by atoms with Crippen molar-refractivity contribution in [1.29, 1.82) is 0 Å². The Morgan fingerprint density at radius 2 is 1.63 bits per heavy atom. The molecule has 1 aromatic carbocycles. The number of carbonyl (C=O) groups excluding carboxylic acids is 2. The van der Waals surface area contributed by atoms with Crippen molar-refractivity contribution < 1.29 is 27.5 Å². The predicted molar refractivity (Wildman–Crippen MR) is 113 cm³/mol. The number of nitrogens with zero attached hydrogens (tertiary/aromatic N) is 2. The maximum Gasteiger partial charge on any atom is 0.309 e. The molecule has 0 spiro atoms. The van der Waals surface area contributed by atoms with Crippen molar-refractivity contribution in [2.45, 2.75) is 38.5 Å². The van der Waals surface area contributed by atoms with E-state index < -0.39 is 15.4 Å². The second-order valence-corrected chi connectivity index (χ2v) is 10.7. The molecule has 30 heavy (non-hydrogen) atoms. The number of hydrogen-bond donors (Lipinski definition) is 0. The summed E-state index contributed by atoms with van der Waals surface area (Å²) in [5.74, 6) is 0.128. The molecular formula is C21H32N2O6S. The highest BCUT2D eigenvalue weighted by Gasteiger charge is 2.32. The molecule has 0 radical (unpaired) electrons. The van der Waals surface area contributed by atoms with Gasteiger partial charge in [-0.3, -0.25) is 9.59 Å². The van der Waals surface area contributed by atoms with Gasteiger partial charge in [0, 0.05) is 32.6 Å². The Kier molecular flexibility index (Phi) is 7.87. The monoisotopic (exact) mass is 440 g/mol. The molecule has 0 unspecified atom stereocenters. The fourth-order valence-electron chi connectivity index (χ4n) is 3.13. The zero-order valence-corrected chi connectivity index (χ0v) is 19.2. The minimum Gasteiger partial charge on any atom is -0.490 e. The first-order chi connectivity index (χ1) is 13.9. The lowest BCUT2D eigenvalue weighted by Crippen LogP contribution is -2.45. The van der Waals surface area contributed by atoms with Crippen molar-refractivity contribution in [1.82, 2.24) is 9.21 Å². The van der Waals surface area contributed by atoms with Gasteiger partial charge in [0.1, 0.15) is 19.0 Å². The van der Waals surface area contributed by atoms with E-state index in [0.29, 0.717) is 31.7 Å². The molecule has 1 heterocycles. The molecule has 0 atom stereocenters. The van der Waals surface area contributed by atoms with E-state index in [1.54, 1.807) is 12.1 Å². The van der Waals surface area contributed by atoms with Crippen LogP contribution in [0, 0.1) is 11.3 Å². The minimum atomic E-state index is -3.48. The molecule has 1 aromatic rings. The Labute approximate surface area is 179 Å². The summed E-state index contributed by atoms with van der Waals surface area (Å²) in [4.78, 5) is 26.6. The van der Waals surface area contributed by atoms with Crippen molar-refractivity contribution >= 4 is 21.9 Å². The lowest BCUT2D eigenvalue weighted by atomic mass is 9.91. The number of benzene rings is 1. The summed E-state index contributed by atoms with van der Waals surface area (Å²) in [5.41, 5.74) is -0.417. The Bertz CT molecular complexity index is 835. The Hall–Kier alpha value is -2.13. The first kappa shape index (κ1) is 24.1. The minimum absolute atomic E-state index is 0.104. The van der Waals surface area contributed by atoms with Crippen molar-refractivity contribution in [2.24, 2.45) is 11.3 Å². The molecule has 0 N–H and O–H groups in total. The van der Waals surface area contributed by atoms with Crippen LogP contribution in [0.5, 0.6) is 5.75 Å². The molecule has 1 saturated heterocycles. The van der Waals surface area contributed by atoms with Crippen LogP contribution in [0.15, 0.2) is 29.2 Å². The first-order valence-electron chi connectivity index (χ1n) is 10.0. The fourth-order valence-corrected chi connectivity index (χ4v) is 4.03. The van der Waals surface area contributed by atoms with Gasteiger partial charge in [0.2, 0.25) is 15.9 Å². The van der Waals surface area contributed by atoms with E-state index in [4.69, 9.17) is 9.47 Å². The van der Waals surface area contributed by atoms with E-state index in [9.17, 15) is 18.0 Å². The van der Waals surface area contributed by atoms with Crippen molar-refractivity contribution in [3.8, 4) is 5.75 Å². The van der Waals surface area contributed by atoms with Gasteiger partial charge in [0.15, 0.2) is 0 Å². The number of ether oxygens (including phenoxy) is 2. The molecular weight excluding hydrogens is 408 g/mol. The lowest BCUT2D eigenvalue weighted by Gasteiger charge is -2.34. The van der Waals surface area contributed by atoms with Crippen LogP contribution < -0.4 is 4.74 Å². The molecule has 9 heteroatoms. The topological polar surface area (TPSA) is 93.2 Å². The van der Waals surface area contributed by atoms with Gasteiger partial charge in [-0.1, -0.05) is 20.8 Å². The van der Waals surface area contributed by atoms with Gasteiger partial charge in [0.05, 0.1) is 10.8 Å². The predicted octanol–water partition coefficient (Wildman–Crippen LogP) is 2.14. The summed E-state index contributed by atoms with van der Waals surface area (Å²) in [5, 5.41) is 0. The quantitative estimate of drug-likeness (QED) is 0.476. The fraction of sp³-hybridized carbons (Fsp3) is 0.619. The zero-order valence-electron chi connectivity index (χ0n) is 18.4. The molecule has 0 aromatic heterocycles. The third kappa shape index (κ3) is 6.18. The van der Waals surface area contributed by atoms with Crippen LogP contribution in [-0.4, -0.2) is 69.9 Å². The molecule has 1 aliphatic rings. The van der Waals surface area contributed by atoms with E-state index in [-0.39, 0.29) is 35.9 Å². The smallest absolute Gasteiger partial charge is 0.309 e. The molecule has 168 valence electrons. The number of carbonyl (C=O) groups is 2. The number of hydrogen-bond acceptors (Lipinski definition) is 6. The summed E-state index contributed by atoms with van der Waals surface area (Å²) in [7, 11) is -0.531. The standard InChI is InChI=1S/C21H32N2O6S/c1-21(2,3)20(25)23-12-10-16(11-13-23)19(24)29-15-14-28-17-6-8-18(9-7-17)30(26,27)22(4)5/h6-9,16H,10-15H2,1-5H3. The van der Waals surface area contributed by atoms with Gasteiger partial charge in [-0.25, -0.2) is 12.7 Å². The van der Waals surface area contributed by atoms with E-state index in [1.807, 2.05) is 25.7 Å². The molecule has 1 amide bonds. The Morgan fingerprint density at radius 1 is 1.07 bits per heavy atom. The zero-order chi connectivity index (χ0) is 22.5. The molecule has 2 rings (SSSR count). The highest BCUT2D eigenvalue weighted by atomic mass is 32.2. The number of likely N-dealkylation sites (tertiary alicyclic amines) is 1. The van der Waals surface area contributed by atoms with Gasteiger partial charge >= 0.3 is 5.97 Å². The van der Waals surface area contributed by atoms with E-state index in [2.05, 4.69) is 0 Å². The SMILES string of the molecule is CN(C)S(=O)(=O)c1ccc(OCCOC(=O)C2CCN(C(=O)C(C)(C)C)CC2)cc1. The normalized spacial score (nSPS) is 15.9. The number of amides is 1. The molecule has 1 fully saturated rings. The van der Waals surface area contributed by atoms with Crippen LogP contribution >= 0.6 is 0 Å². The second-order valence-electron chi connectivity index (χ2n) is 8.59. The second kappa shape index (κ2) is 9.78. The molecule has 8 nitrogen and oxygen atoms in total. The van der Waals surface area contributed by atoms with Crippen molar-refractivity contribution in [3.05, 3.63) is 24.3 Å². The number of esters is 1. The third-order valence-electron chi connectivity index (χ3n) is 4.96. The van der Waals surface area contributed by atoms with E-state index in [0.717, 1.165) is 4.31 Å². The first-order valence-corrected chi connectivity index (χ1v) is 11.5. The number of sulfonamides is 1. The van der Waals surface area contributed by atoms with E-state index >= 15 is 0 Å². The average Bonchev–Trinajstić information content (AvgIpc) is 2.70. The van der Waals surface area contributed by atoms with Gasteiger partial charge in [0.25, 0.3) is 0 Å². The Balaban J connectivity index is 1.72. The van der Waals surface area contributed by atoms with Crippen LogP contribution in [0.1, 0.15) is 33.6 Å². The third-order valence-corrected chi connectivity index (χ3v) is 6.79. The van der Waals surface area contributed by atoms with Gasteiger partial charge in [-0.15, -0.1) is 0 Å². The molecule has 0 saturated carbocycles. The molecule has 0 bridgehead atoms. The highest BCUT2D eigenvalue weighted by Crippen LogP contribution is 2.24. The van der Waals surface area contributed by atoms with Crippen molar-refractivity contribution in [2.75, 3.05) is 40.4 Å². The summed E-state index contributed by atoms with van der Waals surface area (Å²) in [6.45, 7) is 7.09. The van der Waals surface area contributed by atoms with Crippen LogP contribution in [0.2, 0.25) is 0 Å². The largest absolute Gasteiger partial charge is 0.490 e. The number of piperidine rings is 1. The summed E-state index contributed by atoms with van der Waals surface area (Å²) < 4.78 is 36.1. The summed E-state index contributed by atoms with van der Waals surface area (Å²) >= 11 is 0. The lowest BCUT2D eigenvalue weighted by molar-refractivity contribution is -0.153. The Morgan fingerprint density at radius 3 is 2.13 bits per heavy atom. The summed E-state index contributed by atoms with van der Waals surface area (Å²) in [6.07, 6.45) is 1.20. The van der Waals surface area contributed by atoms with Crippen molar-refractivity contribution in [3.63, 3.8) is 0 Å². The van der Waals surface area contributed by atoms with Crippen LogP contribution in [-0.2, 0) is 24.3 Å². The van der Waals surface area contributed by atoms with Crippen LogP contribution in [0.25, 0.3) is 0 Å². The van der Waals surface area contributed by atoms with E-state index in [1.165, 1.54) is 26.2 Å². The maximum atomic E-state index is 12.3. The average molecular weight is 441 g/mol. The van der Waals surface area contributed by atoms with Gasteiger partial charge in [-0.05, 0) is 37.1 Å². The summed E-state index contributed by atoms with van der Waals surface area (Å²) in [6, 6.07) is 6.09. The molecule has 1 aliphatic heterocycles. The van der Waals surface area contributed by atoms with Crippen LogP contribution in [0.4, 0.5) is 0 Å². The maximum absolute atomic E-state index is 12.3. The van der Waals surface area contributed by atoms with Gasteiger partial charge < -0.3 is 14.4 Å². The van der Waals surface area contributed by atoms with Crippen LogP contribution in [0.3, 0.4) is 0 Å². The molecule has 0 aliphatic carbocycles. The number of rotatable bonds is 7. The highest BCUT2D eigenvalue weighted by molar-refractivity contribution is 7.89. The van der Waals surface area contributed by atoms with Gasteiger partial charge in [-0.2, -0.15) is 0 Å².